The Hall–Kier alpha value is -1.21. The zero-order valence-corrected chi connectivity index (χ0v) is 13.9. The summed E-state index contributed by atoms with van der Waals surface area (Å²) in [5, 5.41) is 0.544. The van der Waals surface area contributed by atoms with Crippen LogP contribution in [0.4, 0.5) is 0 Å². The van der Waals surface area contributed by atoms with Gasteiger partial charge >= 0.3 is 0 Å². The van der Waals surface area contributed by atoms with E-state index in [2.05, 4.69) is 20.9 Å². The highest BCUT2D eigenvalue weighted by Gasteiger charge is 2.45. The number of hydrogen-bond donors (Lipinski definition) is 0. The molecule has 0 saturated heterocycles. The van der Waals surface area contributed by atoms with Crippen molar-refractivity contribution in [3.05, 3.63) is 39.4 Å². The number of halogens is 1. The first-order valence-electron chi connectivity index (χ1n) is 6.61. The molecule has 3 rings (SSSR count). The summed E-state index contributed by atoms with van der Waals surface area (Å²) in [5.74, 6) is 0.128. The lowest BCUT2D eigenvalue weighted by molar-refractivity contribution is 0.450. The number of rotatable bonds is 4. The predicted octanol–water partition coefficient (Wildman–Crippen LogP) is 1.98. The third-order valence-corrected chi connectivity index (χ3v) is 5.61. The van der Waals surface area contributed by atoms with Crippen molar-refractivity contribution in [3.8, 4) is 0 Å². The molecule has 112 valence electrons. The molecule has 5 nitrogen and oxygen atoms in total. The van der Waals surface area contributed by atoms with Crippen LogP contribution in [0.15, 0.2) is 33.8 Å². The maximum absolute atomic E-state index is 12.5. The Morgan fingerprint density at radius 3 is 2.71 bits per heavy atom. The summed E-state index contributed by atoms with van der Waals surface area (Å²) in [6.45, 7) is 0.411. The minimum absolute atomic E-state index is 0.124. The number of fused-ring (bicyclic) bond motifs is 1. The lowest BCUT2D eigenvalue weighted by Crippen LogP contribution is -2.28. The summed E-state index contributed by atoms with van der Waals surface area (Å²) in [5.41, 5.74) is 0.214. The molecule has 21 heavy (non-hydrogen) atoms. The van der Waals surface area contributed by atoms with E-state index in [1.807, 2.05) is 6.07 Å². The first kappa shape index (κ1) is 14.7. The predicted molar refractivity (Wildman–Crippen MR) is 85.1 cm³/mol. The fourth-order valence-electron chi connectivity index (χ4n) is 2.71. The monoisotopic (exact) mass is 370 g/mol. The van der Waals surface area contributed by atoms with Crippen molar-refractivity contribution in [2.24, 2.45) is 5.41 Å². The third-order valence-electron chi connectivity index (χ3n) is 3.84. The van der Waals surface area contributed by atoms with Gasteiger partial charge in [0.25, 0.3) is 5.56 Å². The Bertz CT molecular complexity index is 869. The van der Waals surface area contributed by atoms with Gasteiger partial charge in [-0.25, -0.2) is 13.4 Å². The molecule has 1 fully saturated rings. The number of benzene rings is 1. The summed E-state index contributed by atoms with van der Waals surface area (Å²) < 4.78 is 25.3. The van der Waals surface area contributed by atoms with Crippen molar-refractivity contribution in [3.63, 3.8) is 0 Å². The minimum Gasteiger partial charge on any atom is -0.298 e. The van der Waals surface area contributed by atoms with E-state index in [4.69, 9.17) is 0 Å². The molecule has 0 bridgehead atoms. The number of aromatic nitrogens is 2. The van der Waals surface area contributed by atoms with Crippen LogP contribution in [0.3, 0.4) is 0 Å². The molecule has 0 N–H and O–H groups in total. The molecular formula is C14H15BrN2O3S. The van der Waals surface area contributed by atoms with E-state index < -0.39 is 9.84 Å². The fourth-order valence-corrected chi connectivity index (χ4v) is 4.67. The van der Waals surface area contributed by atoms with E-state index in [-0.39, 0.29) is 16.7 Å². The summed E-state index contributed by atoms with van der Waals surface area (Å²) >= 11 is 3.38. The first-order chi connectivity index (χ1) is 9.80. The van der Waals surface area contributed by atoms with E-state index >= 15 is 0 Å². The van der Waals surface area contributed by atoms with Gasteiger partial charge in [-0.15, -0.1) is 0 Å². The smallest absolute Gasteiger partial charge is 0.261 e. The summed E-state index contributed by atoms with van der Waals surface area (Å²) in [4.78, 5) is 16.8. The van der Waals surface area contributed by atoms with E-state index in [0.717, 1.165) is 17.3 Å². The molecule has 0 unspecified atom stereocenters. The molecule has 1 aromatic heterocycles. The van der Waals surface area contributed by atoms with E-state index in [0.29, 0.717) is 17.4 Å². The standard InChI is InChI=1S/C14H15BrN2O3S/c1-21(19,20)8-14(5-6-14)7-17-9-16-12-10(13(17)18)3-2-4-11(12)15/h2-4,9H,5-8H2,1H3. The van der Waals surface area contributed by atoms with E-state index in [9.17, 15) is 13.2 Å². The third kappa shape index (κ3) is 3.03. The van der Waals surface area contributed by atoms with Gasteiger partial charge in [-0.1, -0.05) is 6.07 Å². The quantitative estimate of drug-likeness (QED) is 0.824. The fraction of sp³-hybridized carbons (Fsp3) is 0.429. The van der Waals surface area contributed by atoms with Crippen LogP contribution in [0.5, 0.6) is 0 Å². The molecule has 7 heteroatoms. The number of nitrogens with zero attached hydrogens (tertiary/aromatic N) is 2. The Labute approximate surface area is 131 Å². The highest BCUT2D eigenvalue weighted by atomic mass is 79.9. The summed E-state index contributed by atoms with van der Waals surface area (Å²) in [6, 6.07) is 5.37. The van der Waals surface area contributed by atoms with Crippen molar-refractivity contribution >= 4 is 36.7 Å². The van der Waals surface area contributed by atoms with Crippen LogP contribution in [0.25, 0.3) is 10.9 Å². The van der Waals surface area contributed by atoms with Crippen LogP contribution in [-0.4, -0.2) is 30.0 Å². The van der Waals surface area contributed by atoms with Crippen LogP contribution in [-0.2, 0) is 16.4 Å². The molecule has 1 aliphatic carbocycles. The van der Waals surface area contributed by atoms with Gasteiger partial charge in [0, 0.05) is 22.7 Å². The summed E-state index contributed by atoms with van der Waals surface area (Å²) in [7, 11) is -3.04. The van der Waals surface area contributed by atoms with Crippen molar-refractivity contribution in [1.29, 1.82) is 0 Å². The van der Waals surface area contributed by atoms with Gasteiger partial charge < -0.3 is 0 Å². The second-order valence-electron chi connectivity index (χ2n) is 5.88. The summed E-state index contributed by atoms with van der Waals surface area (Å²) in [6.07, 6.45) is 4.43. The van der Waals surface area contributed by atoms with Crippen LogP contribution < -0.4 is 5.56 Å². The molecule has 1 aliphatic rings. The van der Waals surface area contributed by atoms with Crippen molar-refractivity contribution in [2.75, 3.05) is 12.0 Å². The van der Waals surface area contributed by atoms with Gasteiger partial charge in [0.15, 0.2) is 0 Å². The van der Waals surface area contributed by atoms with Gasteiger partial charge in [-0.3, -0.25) is 9.36 Å². The number of sulfone groups is 1. The molecule has 2 aromatic rings. The van der Waals surface area contributed by atoms with Crippen LogP contribution >= 0.6 is 15.9 Å². The average Bonchev–Trinajstić information content (AvgIpc) is 3.11. The largest absolute Gasteiger partial charge is 0.298 e. The highest BCUT2D eigenvalue weighted by molar-refractivity contribution is 9.10. The maximum atomic E-state index is 12.5. The lowest BCUT2D eigenvalue weighted by atomic mass is 10.1. The SMILES string of the molecule is CS(=O)(=O)CC1(Cn2cnc3c(Br)cccc3c2=O)CC1. The van der Waals surface area contributed by atoms with Crippen molar-refractivity contribution < 1.29 is 8.42 Å². The Kier molecular flexibility index (Phi) is 3.44. The molecule has 0 atom stereocenters. The van der Waals surface area contributed by atoms with Crippen LogP contribution in [0, 0.1) is 5.41 Å². The molecule has 1 heterocycles. The van der Waals surface area contributed by atoms with Gasteiger partial charge in [-0.05, 0) is 40.9 Å². The van der Waals surface area contributed by atoms with Gasteiger partial charge in [0.2, 0.25) is 0 Å². The zero-order valence-electron chi connectivity index (χ0n) is 11.5. The first-order valence-corrected chi connectivity index (χ1v) is 9.46. The Morgan fingerprint density at radius 1 is 1.38 bits per heavy atom. The molecule has 1 saturated carbocycles. The number of para-hydroxylation sites is 1. The highest BCUT2D eigenvalue weighted by Crippen LogP contribution is 2.47. The number of hydrogen-bond acceptors (Lipinski definition) is 4. The van der Waals surface area contributed by atoms with Crippen LogP contribution in [0.1, 0.15) is 12.8 Å². The molecule has 1 aromatic carbocycles. The van der Waals surface area contributed by atoms with E-state index in [1.54, 1.807) is 12.1 Å². The lowest BCUT2D eigenvalue weighted by Gasteiger charge is -2.15. The Morgan fingerprint density at radius 2 is 2.10 bits per heavy atom. The van der Waals surface area contributed by atoms with Crippen LogP contribution in [0.2, 0.25) is 0 Å². The average molecular weight is 371 g/mol. The normalized spacial score (nSPS) is 17.0. The molecule has 0 aliphatic heterocycles. The van der Waals surface area contributed by atoms with Crippen molar-refractivity contribution in [2.45, 2.75) is 19.4 Å². The molecule has 0 amide bonds. The molecule has 0 spiro atoms. The zero-order chi connectivity index (χ0) is 15.3. The second-order valence-corrected chi connectivity index (χ2v) is 8.88. The Balaban J connectivity index is 1.99. The minimum atomic E-state index is -3.04. The molecule has 0 radical (unpaired) electrons. The topological polar surface area (TPSA) is 69.0 Å². The van der Waals surface area contributed by atoms with Crippen molar-refractivity contribution in [1.82, 2.24) is 9.55 Å². The van der Waals surface area contributed by atoms with E-state index in [1.165, 1.54) is 17.2 Å². The van der Waals surface area contributed by atoms with Gasteiger partial charge in [0.05, 0.1) is 23.0 Å². The van der Waals surface area contributed by atoms with Gasteiger partial charge in [-0.2, -0.15) is 0 Å². The van der Waals surface area contributed by atoms with Gasteiger partial charge in [0.1, 0.15) is 9.84 Å². The molecular weight excluding hydrogens is 356 g/mol. The maximum Gasteiger partial charge on any atom is 0.261 e. The second kappa shape index (κ2) is 4.91.